The summed E-state index contributed by atoms with van der Waals surface area (Å²) in [5.74, 6) is 0.136. The first-order valence-electron chi connectivity index (χ1n) is 5.03. The number of carbonyl (C=O) groups is 1. The lowest BCUT2D eigenvalue weighted by Crippen LogP contribution is -2.23. The van der Waals surface area contributed by atoms with Crippen LogP contribution in [0.2, 0.25) is 0 Å². The highest BCUT2D eigenvalue weighted by Gasteiger charge is 2.22. The SMILES string of the molecule is CC(C)(C)C(=O)Cc1cncc2nnnn12. The van der Waals surface area contributed by atoms with E-state index in [-0.39, 0.29) is 11.2 Å². The smallest absolute Gasteiger partial charge is 0.197 e. The Morgan fingerprint density at radius 1 is 1.38 bits per heavy atom. The Morgan fingerprint density at radius 3 is 2.81 bits per heavy atom. The molecule has 2 rings (SSSR count). The fraction of sp³-hybridized carbons (Fsp3) is 0.500. The Hall–Kier alpha value is -1.85. The van der Waals surface area contributed by atoms with Gasteiger partial charge in [0, 0.05) is 11.6 Å². The highest BCUT2D eigenvalue weighted by atomic mass is 16.1. The second-order valence-electron chi connectivity index (χ2n) is 4.70. The number of nitrogens with zero attached hydrogens (tertiary/aromatic N) is 5. The highest BCUT2D eigenvalue weighted by molar-refractivity contribution is 5.85. The molecule has 2 heterocycles. The Kier molecular flexibility index (Phi) is 2.41. The van der Waals surface area contributed by atoms with Crippen LogP contribution in [0.4, 0.5) is 0 Å². The summed E-state index contributed by atoms with van der Waals surface area (Å²) in [5.41, 5.74) is 0.900. The molecule has 0 saturated carbocycles. The first-order chi connectivity index (χ1) is 7.48. The maximum atomic E-state index is 11.9. The summed E-state index contributed by atoms with van der Waals surface area (Å²) in [5, 5.41) is 11.1. The second-order valence-corrected chi connectivity index (χ2v) is 4.70. The molecule has 6 nitrogen and oxygen atoms in total. The summed E-state index contributed by atoms with van der Waals surface area (Å²) in [6, 6.07) is 0. The molecule has 0 radical (unpaired) electrons. The largest absolute Gasteiger partial charge is 0.299 e. The average Bonchev–Trinajstić information content (AvgIpc) is 2.65. The van der Waals surface area contributed by atoms with Crippen molar-refractivity contribution in [1.29, 1.82) is 0 Å². The van der Waals surface area contributed by atoms with Crippen molar-refractivity contribution in [1.82, 2.24) is 25.0 Å². The van der Waals surface area contributed by atoms with Crippen LogP contribution < -0.4 is 0 Å². The molecule has 0 aliphatic heterocycles. The van der Waals surface area contributed by atoms with Gasteiger partial charge in [0.05, 0.1) is 18.3 Å². The lowest BCUT2D eigenvalue weighted by molar-refractivity contribution is -0.125. The monoisotopic (exact) mass is 219 g/mol. The molecule has 0 aliphatic carbocycles. The molecule has 6 heteroatoms. The van der Waals surface area contributed by atoms with E-state index in [1.165, 1.54) is 4.52 Å². The van der Waals surface area contributed by atoms with E-state index in [1.54, 1.807) is 12.4 Å². The van der Waals surface area contributed by atoms with Gasteiger partial charge in [-0.2, -0.15) is 4.52 Å². The van der Waals surface area contributed by atoms with Crippen molar-refractivity contribution in [2.75, 3.05) is 0 Å². The standard InChI is InChI=1S/C10H13N5O/c1-10(2,3)8(16)4-7-5-11-6-9-12-13-14-15(7)9/h5-6H,4H2,1-3H3. The summed E-state index contributed by atoms with van der Waals surface area (Å²) in [7, 11) is 0. The summed E-state index contributed by atoms with van der Waals surface area (Å²) < 4.78 is 1.54. The zero-order chi connectivity index (χ0) is 11.8. The van der Waals surface area contributed by atoms with E-state index in [4.69, 9.17) is 0 Å². The van der Waals surface area contributed by atoms with Gasteiger partial charge in [0.15, 0.2) is 5.65 Å². The molecule has 0 saturated heterocycles. The van der Waals surface area contributed by atoms with Crippen molar-refractivity contribution >= 4 is 11.4 Å². The zero-order valence-corrected chi connectivity index (χ0v) is 9.51. The maximum absolute atomic E-state index is 11.9. The van der Waals surface area contributed by atoms with Crippen LogP contribution in [0.5, 0.6) is 0 Å². The van der Waals surface area contributed by atoms with Crippen LogP contribution >= 0.6 is 0 Å². The van der Waals surface area contributed by atoms with Gasteiger partial charge in [0.2, 0.25) is 0 Å². The average molecular weight is 219 g/mol. The van der Waals surface area contributed by atoms with Gasteiger partial charge in [-0.1, -0.05) is 20.8 Å². The molecule has 0 spiro atoms. The van der Waals surface area contributed by atoms with E-state index < -0.39 is 0 Å². The van der Waals surface area contributed by atoms with Crippen LogP contribution in [-0.4, -0.2) is 30.8 Å². The molecule has 0 bridgehead atoms. The van der Waals surface area contributed by atoms with E-state index >= 15 is 0 Å². The van der Waals surface area contributed by atoms with Crippen molar-refractivity contribution in [3.8, 4) is 0 Å². The van der Waals surface area contributed by atoms with Crippen molar-refractivity contribution < 1.29 is 4.79 Å². The van der Waals surface area contributed by atoms with Gasteiger partial charge in [0.25, 0.3) is 0 Å². The lowest BCUT2D eigenvalue weighted by atomic mass is 9.88. The Bertz CT molecular complexity index is 525. The van der Waals surface area contributed by atoms with Gasteiger partial charge in [-0.15, -0.1) is 5.10 Å². The van der Waals surface area contributed by atoms with Crippen molar-refractivity contribution in [3.05, 3.63) is 18.1 Å². The van der Waals surface area contributed by atoms with Crippen molar-refractivity contribution in [2.45, 2.75) is 27.2 Å². The minimum atomic E-state index is -0.365. The Morgan fingerprint density at radius 2 is 2.12 bits per heavy atom. The number of Topliss-reactive ketones (excluding diaryl/α,β-unsaturated/α-hetero) is 1. The van der Waals surface area contributed by atoms with Gasteiger partial charge >= 0.3 is 0 Å². The molecule has 84 valence electrons. The molecule has 2 aromatic heterocycles. The molecule has 2 aromatic rings. The van der Waals surface area contributed by atoms with Gasteiger partial charge < -0.3 is 0 Å². The molecule has 0 aliphatic rings. The third-order valence-electron chi connectivity index (χ3n) is 2.36. The fourth-order valence-electron chi connectivity index (χ4n) is 1.27. The number of fused-ring (bicyclic) bond motifs is 1. The van der Waals surface area contributed by atoms with Gasteiger partial charge in [-0.05, 0) is 10.4 Å². The van der Waals surface area contributed by atoms with Gasteiger partial charge in [-0.3, -0.25) is 9.78 Å². The van der Waals surface area contributed by atoms with E-state index in [0.717, 1.165) is 0 Å². The summed E-state index contributed by atoms with van der Waals surface area (Å²) in [4.78, 5) is 15.9. The molecule has 0 aromatic carbocycles. The summed E-state index contributed by atoms with van der Waals surface area (Å²) >= 11 is 0. The number of rotatable bonds is 2. The zero-order valence-electron chi connectivity index (χ0n) is 9.51. The predicted molar refractivity (Wildman–Crippen MR) is 56.7 cm³/mol. The molecule has 0 amide bonds. The molecule has 16 heavy (non-hydrogen) atoms. The minimum Gasteiger partial charge on any atom is -0.299 e. The Labute approximate surface area is 92.7 Å². The number of carbonyl (C=O) groups excluding carboxylic acids is 1. The van der Waals surface area contributed by atoms with E-state index in [9.17, 15) is 4.79 Å². The number of ketones is 1. The van der Waals surface area contributed by atoms with Crippen LogP contribution in [0.25, 0.3) is 5.65 Å². The normalized spacial score (nSPS) is 11.9. The van der Waals surface area contributed by atoms with Crippen LogP contribution in [0.15, 0.2) is 12.4 Å². The van der Waals surface area contributed by atoms with E-state index in [2.05, 4.69) is 20.5 Å². The maximum Gasteiger partial charge on any atom is 0.197 e. The predicted octanol–water partition coefficient (Wildman–Crippen LogP) is 0.677. The van der Waals surface area contributed by atoms with Crippen LogP contribution in [0, 0.1) is 5.41 Å². The number of hydrogen-bond acceptors (Lipinski definition) is 5. The molecular formula is C10H13N5O. The number of hydrogen-bond donors (Lipinski definition) is 0. The third-order valence-corrected chi connectivity index (χ3v) is 2.36. The van der Waals surface area contributed by atoms with Crippen LogP contribution in [0.1, 0.15) is 26.5 Å². The van der Waals surface area contributed by atoms with E-state index in [1.807, 2.05) is 20.8 Å². The van der Waals surface area contributed by atoms with Crippen LogP contribution in [0.3, 0.4) is 0 Å². The molecule has 0 unspecified atom stereocenters. The molecular weight excluding hydrogens is 206 g/mol. The first kappa shape index (κ1) is 10.7. The fourth-order valence-corrected chi connectivity index (χ4v) is 1.27. The first-order valence-corrected chi connectivity index (χ1v) is 5.03. The van der Waals surface area contributed by atoms with Gasteiger partial charge in [-0.25, -0.2) is 0 Å². The number of tetrazole rings is 1. The van der Waals surface area contributed by atoms with Crippen molar-refractivity contribution in [2.24, 2.45) is 5.41 Å². The van der Waals surface area contributed by atoms with Gasteiger partial charge in [0.1, 0.15) is 5.78 Å². The molecule has 0 atom stereocenters. The summed E-state index contributed by atoms with van der Waals surface area (Å²) in [6.45, 7) is 5.67. The lowest BCUT2D eigenvalue weighted by Gasteiger charge is -2.16. The minimum absolute atomic E-state index is 0.136. The van der Waals surface area contributed by atoms with Crippen LogP contribution in [-0.2, 0) is 11.2 Å². The second kappa shape index (κ2) is 3.62. The quantitative estimate of drug-likeness (QED) is 0.742. The van der Waals surface area contributed by atoms with E-state index in [0.29, 0.717) is 17.8 Å². The third kappa shape index (κ3) is 1.91. The molecule has 0 N–H and O–H groups in total. The van der Waals surface area contributed by atoms with Crippen molar-refractivity contribution in [3.63, 3.8) is 0 Å². The molecule has 0 fully saturated rings. The highest BCUT2D eigenvalue weighted by Crippen LogP contribution is 2.17. The Balaban J connectivity index is 2.35. The topological polar surface area (TPSA) is 73.0 Å². The summed E-state index contributed by atoms with van der Waals surface area (Å²) in [6.07, 6.45) is 3.47. The number of aromatic nitrogens is 5.